The number of allylic oxidation sites excluding steroid dienone is 1. The molecule has 0 bridgehead atoms. The van der Waals surface area contributed by atoms with E-state index in [1.54, 1.807) is 5.57 Å². The lowest BCUT2D eigenvalue weighted by Crippen LogP contribution is -2.51. The minimum atomic E-state index is 0.0104. The summed E-state index contributed by atoms with van der Waals surface area (Å²) in [6, 6.07) is 25.7. The topological polar surface area (TPSA) is 44.8 Å². The maximum atomic E-state index is 13.0. The average Bonchev–Trinajstić information content (AvgIpc) is 3.65. The predicted octanol–water partition coefficient (Wildman–Crippen LogP) is 16.7. The first kappa shape index (κ1) is 47.4. The molecule has 4 heteroatoms. The maximum absolute atomic E-state index is 13.0. The molecule has 7 rings (SSSR count). The van der Waals surface area contributed by atoms with Crippen LogP contribution in [0.2, 0.25) is 0 Å². The number of rotatable bonds is 23. The van der Waals surface area contributed by atoms with E-state index in [1.165, 1.54) is 93.7 Å². The maximum Gasteiger partial charge on any atom is 0.306 e. The number of unbranched alkanes of at least 4 members (excludes halogenated alkanes) is 7. The van der Waals surface area contributed by atoms with Crippen LogP contribution in [0.5, 0.6) is 11.5 Å². The summed E-state index contributed by atoms with van der Waals surface area (Å²) in [7, 11) is 0. The Morgan fingerprint density at radius 1 is 0.667 bits per heavy atom. The monoisotopic (exact) mass is 857 g/mol. The molecule has 0 spiro atoms. The normalized spacial score (nSPS) is 26.9. The van der Waals surface area contributed by atoms with Gasteiger partial charge < -0.3 is 14.2 Å². The number of hydrogen-bond donors (Lipinski definition) is 0. The van der Waals surface area contributed by atoms with E-state index >= 15 is 0 Å². The molecule has 4 aliphatic rings. The van der Waals surface area contributed by atoms with Crippen LogP contribution < -0.4 is 9.47 Å². The molecule has 0 aromatic heterocycles. The Bertz CT molecular complexity index is 1890. The molecule has 8 atom stereocenters. The number of benzene rings is 3. The van der Waals surface area contributed by atoms with Crippen LogP contribution in [0.15, 0.2) is 84.4 Å². The van der Waals surface area contributed by atoms with Gasteiger partial charge in [-0.2, -0.15) is 0 Å². The third kappa shape index (κ3) is 12.0. The van der Waals surface area contributed by atoms with Crippen LogP contribution in [-0.2, 0) is 9.53 Å². The molecule has 0 radical (unpaired) electrons. The average molecular weight is 857 g/mol. The van der Waals surface area contributed by atoms with Crippen LogP contribution in [-0.4, -0.2) is 25.3 Å². The zero-order chi connectivity index (χ0) is 44.2. The molecule has 0 aliphatic heterocycles. The smallest absolute Gasteiger partial charge is 0.306 e. The van der Waals surface area contributed by atoms with Crippen molar-refractivity contribution in [3.8, 4) is 33.8 Å². The highest BCUT2D eigenvalue weighted by Gasteiger charge is 2.59. The van der Waals surface area contributed by atoms with E-state index in [0.29, 0.717) is 23.9 Å². The fraction of sp³-hybridized carbons (Fsp3) is 0.644. The Morgan fingerprint density at radius 2 is 1.33 bits per heavy atom. The second-order valence-corrected chi connectivity index (χ2v) is 21.5. The van der Waals surface area contributed by atoms with Gasteiger partial charge in [0.1, 0.15) is 17.6 Å². The molecule has 0 N–H and O–H groups in total. The molecule has 3 fully saturated rings. The van der Waals surface area contributed by atoms with Gasteiger partial charge in [0, 0.05) is 12.8 Å². The van der Waals surface area contributed by atoms with Gasteiger partial charge in [0.15, 0.2) is 0 Å². The van der Waals surface area contributed by atoms with Crippen molar-refractivity contribution in [3.05, 3.63) is 84.4 Å². The van der Waals surface area contributed by atoms with E-state index in [1.807, 2.05) is 0 Å². The minimum absolute atomic E-state index is 0.0104. The van der Waals surface area contributed by atoms with Crippen LogP contribution in [0.3, 0.4) is 0 Å². The largest absolute Gasteiger partial charge is 0.494 e. The Hall–Kier alpha value is -3.53. The van der Waals surface area contributed by atoms with Crippen LogP contribution in [0, 0.1) is 46.3 Å². The Labute approximate surface area is 383 Å². The molecule has 0 amide bonds. The van der Waals surface area contributed by atoms with Crippen molar-refractivity contribution in [1.29, 1.82) is 0 Å². The number of carbonyl (C=O) groups is 1. The summed E-state index contributed by atoms with van der Waals surface area (Å²) < 4.78 is 18.3. The van der Waals surface area contributed by atoms with E-state index in [4.69, 9.17) is 14.2 Å². The number of ether oxygens (including phenoxy) is 3. The van der Waals surface area contributed by atoms with Gasteiger partial charge in [0.05, 0.1) is 13.2 Å². The standard InChI is InChI=1S/C59H84O4/c1-7-8-9-14-39-61-50-30-27-46(28-31-50)45-23-25-47(26-24-45)48-20-17-21-51(41-48)62-40-15-12-10-11-13-22-57(60)63-52-35-37-58(5)49(42-52)29-32-53-55-34-33-54(44(4)19-16-18-43(2)3)59(55,6)38-36-56(53)58/h17,20-21,23-31,41,43-44,52-56H,7-16,18-19,22,32-40,42H2,1-6H3/t44-,52+,53+,54-,55+,56+,58+,59-/m1/s1. The van der Waals surface area contributed by atoms with Crippen molar-refractivity contribution < 1.29 is 19.0 Å². The van der Waals surface area contributed by atoms with Gasteiger partial charge in [-0.15, -0.1) is 0 Å². The van der Waals surface area contributed by atoms with Crippen molar-refractivity contribution in [1.82, 2.24) is 0 Å². The van der Waals surface area contributed by atoms with Gasteiger partial charge in [0.2, 0.25) is 0 Å². The lowest BCUT2D eigenvalue weighted by Gasteiger charge is -2.58. The molecule has 344 valence electrons. The van der Waals surface area contributed by atoms with Crippen molar-refractivity contribution in [2.75, 3.05) is 13.2 Å². The van der Waals surface area contributed by atoms with Crippen molar-refractivity contribution in [2.45, 2.75) is 182 Å². The molecule has 0 heterocycles. The fourth-order valence-corrected chi connectivity index (χ4v) is 13.2. The predicted molar refractivity (Wildman–Crippen MR) is 263 cm³/mol. The summed E-state index contributed by atoms with van der Waals surface area (Å²) in [5.41, 5.74) is 7.18. The quantitative estimate of drug-likeness (QED) is 0.0541. The van der Waals surface area contributed by atoms with E-state index < -0.39 is 0 Å². The molecular formula is C59H84O4. The van der Waals surface area contributed by atoms with Crippen molar-refractivity contribution in [3.63, 3.8) is 0 Å². The fourth-order valence-electron chi connectivity index (χ4n) is 13.2. The zero-order valence-corrected chi connectivity index (χ0v) is 40.4. The lowest BCUT2D eigenvalue weighted by atomic mass is 9.47. The van der Waals surface area contributed by atoms with Gasteiger partial charge in [-0.25, -0.2) is 0 Å². The summed E-state index contributed by atoms with van der Waals surface area (Å²) >= 11 is 0. The van der Waals surface area contributed by atoms with E-state index in [0.717, 1.165) is 111 Å². The second-order valence-electron chi connectivity index (χ2n) is 21.5. The molecule has 4 nitrogen and oxygen atoms in total. The summed E-state index contributed by atoms with van der Waals surface area (Å²) in [4.78, 5) is 13.0. The summed E-state index contributed by atoms with van der Waals surface area (Å²) in [5.74, 6) is 7.00. The summed E-state index contributed by atoms with van der Waals surface area (Å²) in [5, 5.41) is 0. The molecule has 0 unspecified atom stereocenters. The number of carbonyl (C=O) groups excluding carboxylic acids is 1. The number of fused-ring (bicyclic) bond motifs is 5. The molecular weight excluding hydrogens is 773 g/mol. The first-order valence-corrected chi connectivity index (χ1v) is 26.0. The zero-order valence-electron chi connectivity index (χ0n) is 40.4. The highest BCUT2D eigenvalue weighted by Crippen LogP contribution is 2.67. The second kappa shape index (κ2) is 22.6. The first-order chi connectivity index (χ1) is 30.6. The first-order valence-electron chi connectivity index (χ1n) is 26.0. The highest BCUT2D eigenvalue weighted by atomic mass is 16.5. The van der Waals surface area contributed by atoms with E-state index in [2.05, 4.69) is 120 Å². The molecule has 0 saturated heterocycles. The van der Waals surface area contributed by atoms with Gasteiger partial charge in [0.25, 0.3) is 0 Å². The van der Waals surface area contributed by atoms with E-state index in [9.17, 15) is 4.79 Å². The van der Waals surface area contributed by atoms with Gasteiger partial charge in [-0.3, -0.25) is 4.79 Å². The molecule has 3 aromatic rings. The third-order valence-electron chi connectivity index (χ3n) is 16.9. The van der Waals surface area contributed by atoms with Crippen molar-refractivity contribution >= 4 is 5.97 Å². The third-order valence-corrected chi connectivity index (χ3v) is 16.9. The van der Waals surface area contributed by atoms with Crippen molar-refractivity contribution in [2.24, 2.45) is 46.3 Å². The van der Waals surface area contributed by atoms with Crippen LogP contribution in [0.1, 0.15) is 176 Å². The van der Waals surface area contributed by atoms with E-state index in [-0.39, 0.29) is 12.1 Å². The summed E-state index contributed by atoms with van der Waals surface area (Å²) in [6.45, 7) is 16.3. The van der Waals surface area contributed by atoms with Crippen LogP contribution in [0.25, 0.3) is 22.3 Å². The lowest BCUT2D eigenvalue weighted by molar-refractivity contribution is -0.151. The molecule has 4 aliphatic carbocycles. The highest BCUT2D eigenvalue weighted by molar-refractivity contribution is 5.71. The minimum Gasteiger partial charge on any atom is -0.494 e. The molecule has 63 heavy (non-hydrogen) atoms. The Kier molecular flexibility index (Phi) is 17.0. The summed E-state index contributed by atoms with van der Waals surface area (Å²) in [6.07, 6.45) is 27.7. The van der Waals surface area contributed by atoms with Crippen LogP contribution >= 0.6 is 0 Å². The molecule has 3 aromatic carbocycles. The van der Waals surface area contributed by atoms with Crippen LogP contribution in [0.4, 0.5) is 0 Å². The molecule has 3 saturated carbocycles. The van der Waals surface area contributed by atoms with Gasteiger partial charge >= 0.3 is 5.97 Å². The Balaban J connectivity index is 0.769. The van der Waals surface area contributed by atoms with Gasteiger partial charge in [-0.05, 0) is 157 Å². The number of esters is 1. The SMILES string of the molecule is CCCCCCOc1ccc(-c2ccc(-c3cccc(OCCCCCCCC(=O)O[C@H]4CC[C@@]5(C)C(=CC[C@H]6[C@@H]7CC[C@H]([C@H](C)CCCC(C)C)[C@@]7(C)CC[C@@H]65)C4)c3)cc2)cc1. The Morgan fingerprint density at radius 3 is 2.06 bits per heavy atom. The number of hydrogen-bond acceptors (Lipinski definition) is 4. The van der Waals surface area contributed by atoms with Gasteiger partial charge in [-0.1, -0.05) is 160 Å².